The van der Waals surface area contributed by atoms with E-state index in [1.54, 1.807) is 24.3 Å². The van der Waals surface area contributed by atoms with Crippen molar-refractivity contribution >= 4 is 15.7 Å². The SMILES string of the molecule is CC(C)CS(=O)(=O)CCNC(=O)C1CC(c2ccc(O)cc2)NN1. The van der Waals surface area contributed by atoms with Crippen LogP contribution in [0.5, 0.6) is 5.75 Å². The van der Waals surface area contributed by atoms with E-state index in [9.17, 15) is 18.3 Å². The number of benzene rings is 1. The first-order valence-corrected chi connectivity index (χ1v) is 9.87. The van der Waals surface area contributed by atoms with Crippen molar-refractivity contribution in [2.45, 2.75) is 32.4 Å². The van der Waals surface area contributed by atoms with Crippen LogP contribution >= 0.6 is 0 Å². The fourth-order valence-electron chi connectivity index (χ4n) is 2.70. The van der Waals surface area contributed by atoms with Gasteiger partial charge in [-0.1, -0.05) is 26.0 Å². The molecule has 0 saturated carbocycles. The zero-order valence-electron chi connectivity index (χ0n) is 14.0. The number of hydrogen-bond acceptors (Lipinski definition) is 6. The van der Waals surface area contributed by atoms with Gasteiger partial charge in [-0.05, 0) is 30.0 Å². The highest BCUT2D eigenvalue weighted by atomic mass is 32.2. The minimum absolute atomic E-state index is 0.0361. The van der Waals surface area contributed by atoms with Crippen molar-refractivity contribution in [3.63, 3.8) is 0 Å². The summed E-state index contributed by atoms with van der Waals surface area (Å²) in [7, 11) is -3.13. The summed E-state index contributed by atoms with van der Waals surface area (Å²) < 4.78 is 23.6. The third-order valence-electron chi connectivity index (χ3n) is 3.81. The van der Waals surface area contributed by atoms with E-state index in [0.29, 0.717) is 6.42 Å². The molecule has 1 aromatic rings. The maximum atomic E-state index is 12.1. The molecule has 1 aliphatic heterocycles. The Kier molecular flexibility index (Phi) is 6.20. The highest BCUT2D eigenvalue weighted by molar-refractivity contribution is 7.91. The van der Waals surface area contributed by atoms with Crippen LogP contribution in [-0.4, -0.2) is 43.5 Å². The van der Waals surface area contributed by atoms with Crippen LogP contribution in [0.2, 0.25) is 0 Å². The van der Waals surface area contributed by atoms with Gasteiger partial charge >= 0.3 is 0 Å². The Morgan fingerprint density at radius 3 is 2.58 bits per heavy atom. The standard InChI is InChI=1S/C16H25N3O4S/c1-11(2)10-24(22,23)8-7-17-16(21)15-9-14(18-19-15)12-3-5-13(20)6-4-12/h3-6,11,14-15,18-20H,7-10H2,1-2H3,(H,17,21). The Balaban J connectivity index is 1.79. The molecule has 1 amide bonds. The molecule has 8 heteroatoms. The molecular weight excluding hydrogens is 330 g/mol. The minimum atomic E-state index is -3.13. The Morgan fingerprint density at radius 1 is 1.29 bits per heavy atom. The molecule has 4 N–H and O–H groups in total. The molecule has 1 aromatic carbocycles. The van der Waals surface area contributed by atoms with E-state index in [4.69, 9.17) is 0 Å². The van der Waals surface area contributed by atoms with Gasteiger partial charge in [0.05, 0.1) is 11.5 Å². The summed E-state index contributed by atoms with van der Waals surface area (Å²) in [5.74, 6) is 0.149. The number of hydrogen-bond donors (Lipinski definition) is 4. The maximum absolute atomic E-state index is 12.1. The largest absolute Gasteiger partial charge is 0.508 e. The first-order chi connectivity index (χ1) is 11.3. The smallest absolute Gasteiger partial charge is 0.238 e. The molecule has 1 aliphatic rings. The van der Waals surface area contributed by atoms with Crippen LogP contribution in [0.3, 0.4) is 0 Å². The molecule has 0 aliphatic carbocycles. The van der Waals surface area contributed by atoms with E-state index in [2.05, 4.69) is 16.2 Å². The molecule has 1 heterocycles. The molecule has 0 spiro atoms. The monoisotopic (exact) mass is 355 g/mol. The molecule has 2 atom stereocenters. The molecule has 0 radical (unpaired) electrons. The van der Waals surface area contributed by atoms with Crippen molar-refractivity contribution in [1.29, 1.82) is 0 Å². The average Bonchev–Trinajstić information content (AvgIpc) is 2.96. The van der Waals surface area contributed by atoms with Gasteiger partial charge in [-0.3, -0.25) is 4.79 Å². The number of amides is 1. The lowest BCUT2D eigenvalue weighted by Crippen LogP contribution is -2.44. The topological polar surface area (TPSA) is 108 Å². The van der Waals surface area contributed by atoms with Gasteiger partial charge in [0.1, 0.15) is 11.8 Å². The molecule has 24 heavy (non-hydrogen) atoms. The van der Waals surface area contributed by atoms with Gasteiger partial charge < -0.3 is 10.4 Å². The lowest BCUT2D eigenvalue weighted by Gasteiger charge is -2.11. The second-order valence-electron chi connectivity index (χ2n) is 6.52. The molecule has 7 nitrogen and oxygen atoms in total. The average molecular weight is 355 g/mol. The van der Waals surface area contributed by atoms with Crippen molar-refractivity contribution in [2.75, 3.05) is 18.1 Å². The number of hydrazine groups is 1. The summed E-state index contributed by atoms with van der Waals surface area (Å²) in [6.45, 7) is 3.83. The molecule has 0 bridgehead atoms. The van der Waals surface area contributed by atoms with Crippen molar-refractivity contribution < 1.29 is 18.3 Å². The zero-order valence-corrected chi connectivity index (χ0v) is 14.8. The molecule has 1 saturated heterocycles. The number of nitrogens with one attached hydrogen (secondary N) is 3. The summed E-state index contributed by atoms with van der Waals surface area (Å²) >= 11 is 0. The fourth-order valence-corrected chi connectivity index (χ4v) is 4.29. The molecule has 134 valence electrons. The summed E-state index contributed by atoms with van der Waals surface area (Å²) in [5, 5.41) is 12.0. The number of aromatic hydroxyl groups is 1. The zero-order chi connectivity index (χ0) is 17.7. The minimum Gasteiger partial charge on any atom is -0.508 e. The van der Waals surface area contributed by atoms with Crippen LogP contribution in [0.25, 0.3) is 0 Å². The summed E-state index contributed by atoms with van der Waals surface area (Å²) in [4.78, 5) is 12.1. The Bertz CT molecular complexity index is 658. The van der Waals surface area contributed by atoms with Gasteiger partial charge in [0, 0.05) is 12.6 Å². The van der Waals surface area contributed by atoms with E-state index in [1.165, 1.54) is 0 Å². The van der Waals surface area contributed by atoms with Crippen LogP contribution < -0.4 is 16.2 Å². The summed E-state index contributed by atoms with van der Waals surface area (Å²) in [5.41, 5.74) is 6.94. The second kappa shape index (κ2) is 7.96. The maximum Gasteiger partial charge on any atom is 0.238 e. The molecular formula is C16H25N3O4S. The highest BCUT2D eigenvalue weighted by Gasteiger charge is 2.30. The number of sulfone groups is 1. The molecule has 2 rings (SSSR count). The van der Waals surface area contributed by atoms with E-state index in [1.807, 2.05) is 13.8 Å². The Labute approximate surface area is 142 Å². The number of phenolic OH excluding ortho intramolecular Hbond substituents is 1. The van der Waals surface area contributed by atoms with Gasteiger partial charge in [-0.2, -0.15) is 0 Å². The van der Waals surface area contributed by atoms with E-state index in [0.717, 1.165) is 5.56 Å². The number of rotatable bonds is 7. The van der Waals surface area contributed by atoms with Crippen LogP contribution in [0.1, 0.15) is 31.9 Å². The lowest BCUT2D eigenvalue weighted by atomic mass is 10.0. The third kappa shape index (κ3) is 5.47. The third-order valence-corrected chi connectivity index (χ3v) is 5.82. The highest BCUT2D eigenvalue weighted by Crippen LogP contribution is 2.23. The fraction of sp³-hybridized carbons (Fsp3) is 0.562. The van der Waals surface area contributed by atoms with Crippen LogP contribution in [-0.2, 0) is 14.6 Å². The van der Waals surface area contributed by atoms with E-state index >= 15 is 0 Å². The van der Waals surface area contributed by atoms with Crippen LogP contribution in [0.15, 0.2) is 24.3 Å². The van der Waals surface area contributed by atoms with E-state index < -0.39 is 15.9 Å². The van der Waals surface area contributed by atoms with Gasteiger partial charge in [0.25, 0.3) is 0 Å². The normalized spacial score (nSPS) is 21.1. The second-order valence-corrected chi connectivity index (χ2v) is 8.75. The van der Waals surface area contributed by atoms with E-state index in [-0.39, 0.29) is 41.7 Å². The van der Waals surface area contributed by atoms with Crippen LogP contribution in [0, 0.1) is 5.92 Å². The summed E-state index contributed by atoms with van der Waals surface area (Å²) in [6.07, 6.45) is 0.551. The number of carbonyl (C=O) groups is 1. The van der Waals surface area contributed by atoms with Crippen molar-refractivity contribution in [3.8, 4) is 5.75 Å². The van der Waals surface area contributed by atoms with Gasteiger partial charge in [0.15, 0.2) is 9.84 Å². The van der Waals surface area contributed by atoms with Gasteiger partial charge in [0.2, 0.25) is 5.91 Å². The summed E-state index contributed by atoms with van der Waals surface area (Å²) in [6, 6.07) is 6.34. The predicted octanol–water partition coefficient (Wildman–Crippen LogP) is 0.487. The number of phenols is 1. The number of carbonyl (C=O) groups excluding carboxylic acids is 1. The Hall–Kier alpha value is -1.64. The predicted molar refractivity (Wildman–Crippen MR) is 92.0 cm³/mol. The quantitative estimate of drug-likeness (QED) is 0.567. The molecule has 2 unspecified atom stereocenters. The Morgan fingerprint density at radius 2 is 1.96 bits per heavy atom. The molecule has 1 fully saturated rings. The van der Waals surface area contributed by atoms with Crippen molar-refractivity contribution in [3.05, 3.63) is 29.8 Å². The molecule has 0 aromatic heterocycles. The first-order valence-electron chi connectivity index (χ1n) is 8.05. The van der Waals surface area contributed by atoms with Crippen LogP contribution in [0.4, 0.5) is 0 Å². The lowest BCUT2D eigenvalue weighted by molar-refractivity contribution is -0.122. The van der Waals surface area contributed by atoms with Gasteiger partial charge in [-0.15, -0.1) is 0 Å². The first kappa shape index (κ1) is 18.7. The van der Waals surface area contributed by atoms with Crippen molar-refractivity contribution in [1.82, 2.24) is 16.2 Å². The van der Waals surface area contributed by atoms with Gasteiger partial charge in [-0.25, -0.2) is 19.3 Å². The van der Waals surface area contributed by atoms with Crippen molar-refractivity contribution in [2.24, 2.45) is 5.92 Å².